The SMILES string of the molecule is CNc1cnc(Cn2cc(Cl)c(=O)[nH]c2=O)cn1. The molecule has 0 aromatic carbocycles. The van der Waals surface area contributed by atoms with E-state index in [-0.39, 0.29) is 11.6 Å². The molecule has 2 heterocycles. The van der Waals surface area contributed by atoms with Gasteiger partial charge in [-0.25, -0.2) is 9.78 Å². The van der Waals surface area contributed by atoms with Crippen LogP contribution in [0.5, 0.6) is 0 Å². The maximum absolute atomic E-state index is 11.5. The highest BCUT2D eigenvalue weighted by Crippen LogP contribution is 2.02. The van der Waals surface area contributed by atoms with Crippen molar-refractivity contribution in [1.82, 2.24) is 19.5 Å². The Labute approximate surface area is 106 Å². The minimum Gasteiger partial charge on any atom is -0.372 e. The molecule has 0 saturated carbocycles. The highest BCUT2D eigenvalue weighted by molar-refractivity contribution is 6.30. The van der Waals surface area contributed by atoms with Gasteiger partial charge in [0.25, 0.3) is 5.56 Å². The number of halogens is 1. The number of aromatic amines is 1. The molecule has 2 aromatic rings. The van der Waals surface area contributed by atoms with Crippen LogP contribution < -0.4 is 16.6 Å². The number of aromatic nitrogens is 4. The fourth-order valence-corrected chi connectivity index (χ4v) is 1.51. The molecule has 2 N–H and O–H groups in total. The van der Waals surface area contributed by atoms with E-state index in [0.29, 0.717) is 11.5 Å². The number of anilines is 1. The lowest BCUT2D eigenvalue weighted by atomic mass is 10.4. The van der Waals surface area contributed by atoms with Gasteiger partial charge in [0.15, 0.2) is 0 Å². The molecule has 8 heteroatoms. The first-order valence-corrected chi connectivity index (χ1v) is 5.46. The first kappa shape index (κ1) is 12.3. The minimum atomic E-state index is -0.602. The molecule has 0 spiro atoms. The van der Waals surface area contributed by atoms with Crippen LogP contribution in [0.4, 0.5) is 5.82 Å². The smallest absolute Gasteiger partial charge is 0.328 e. The number of nitrogens with zero attached hydrogens (tertiary/aromatic N) is 3. The van der Waals surface area contributed by atoms with Gasteiger partial charge in [0.1, 0.15) is 10.8 Å². The van der Waals surface area contributed by atoms with Crippen molar-refractivity contribution in [1.29, 1.82) is 0 Å². The van der Waals surface area contributed by atoms with Crippen LogP contribution >= 0.6 is 11.6 Å². The van der Waals surface area contributed by atoms with E-state index < -0.39 is 11.2 Å². The zero-order chi connectivity index (χ0) is 13.1. The molecule has 2 aromatic heterocycles. The Morgan fingerprint density at radius 3 is 2.78 bits per heavy atom. The summed E-state index contributed by atoms with van der Waals surface area (Å²) in [4.78, 5) is 32.9. The van der Waals surface area contributed by atoms with Gasteiger partial charge >= 0.3 is 5.69 Å². The molecule has 0 bridgehead atoms. The maximum Gasteiger partial charge on any atom is 0.328 e. The Bertz CT molecular complexity index is 661. The Morgan fingerprint density at radius 2 is 2.17 bits per heavy atom. The summed E-state index contributed by atoms with van der Waals surface area (Å²) in [5.41, 5.74) is -0.558. The van der Waals surface area contributed by atoms with Crippen LogP contribution in [0, 0.1) is 0 Å². The van der Waals surface area contributed by atoms with E-state index in [1.54, 1.807) is 13.2 Å². The molecule has 0 amide bonds. The molecule has 0 aliphatic carbocycles. The van der Waals surface area contributed by atoms with Crippen molar-refractivity contribution in [3.05, 3.63) is 50.1 Å². The average Bonchev–Trinajstić information content (AvgIpc) is 2.37. The Hall–Kier alpha value is -2.15. The second kappa shape index (κ2) is 5.01. The number of H-pyrrole nitrogens is 1. The lowest BCUT2D eigenvalue weighted by molar-refractivity contribution is 0.702. The number of rotatable bonds is 3. The predicted octanol–water partition coefficient (Wildman–Crippen LogP) is 0.0700. The van der Waals surface area contributed by atoms with Crippen molar-refractivity contribution in [2.75, 3.05) is 12.4 Å². The monoisotopic (exact) mass is 267 g/mol. The summed E-state index contributed by atoms with van der Waals surface area (Å²) in [5.74, 6) is 0.630. The molecule has 0 radical (unpaired) electrons. The third-order valence-electron chi connectivity index (χ3n) is 2.26. The zero-order valence-corrected chi connectivity index (χ0v) is 10.2. The third kappa shape index (κ3) is 2.57. The van der Waals surface area contributed by atoms with Crippen LogP contribution in [-0.4, -0.2) is 26.6 Å². The van der Waals surface area contributed by atoms with Crippen molar-refractivity contribution in [2.45, 2.75) is 6.54 Å². The van der Waals surface area contributed by atoms with Gasteiger partial charge in [-0.1, -0.05) is 11.6 Å². The quantitative estimate of drug-likeness (QED) is 0.821. The maximum atomic E-state index is 11.5. The summed E-state index contributed by atoms with van der Waals surface area (Å²) in [7, 11) is 1.73. The fourth-order valence-electron chi connectivity index (χ4n) is 1.34. The molecule has 0 atom stereocenters. The van der Waals surface area contributed by atoms with Crippen molar-refractivity contribution >= 4 is 17.4 Å². The van der Waals surface area contributed by atoms with Crippen LogP contribution in [0.15, 0.2) is 28.2 Å². The minimum absolute atomic E-state index is 0.0468. The Kier molecular flexibility index (Phi) is 3.42. The first-order chi connectivity index (χ1) is 8.60. The lowest BCUT2D eigenvalue weighted by Gasteiger charge is -2.05. The van der Waals surface area contributed by atoms with E-state index in [9.17, 15) is 9.59 Å². The highest BCUT2D eigenvalue weighted by Gasteiger charge is 2.04. The third-order valence-corrected chi connectivity index (χ3v) is 2.53. The summed E-state index contributed by atoms with van der Waals surface area (Å²) in [6, 6.07) is 0. The van der Waals surface area contributed by atoms with Gasteiger partial charge in [-0.15, -0.1) is 0 Å². The molecule has 18 heavy (non-hydrogen) atoms. The van der Waals surface area contributed by atoms with Crippen molar-refractivity contribution < 1.29 is 0 Å². The number of hydrogen-bond acceptors (Lipinski definition) is 5. The number of nitrogens with one attached hydrogen (secondary N) is 2. The molecule has 0 saturated heterocycles. The predicted molar refractivity (Wildman–Crippen MR) is 67.0 cm³/mol. The first-order valence-electron chi connectivity index (χ1n) is 5.08. The molecular formula is C10H10ClN5O2. The number of hydrogen-bond donors (Lipinski definition) is 2. The molecule has 0 aliphatic rings. The molecule has 0 fully saturated rings. The van der Waals surface area contributed by atoms with Crippen LogP contribution in [0.3, 0.4) is 0 Å². The van der Waals surface area contributed by atoms with E-state index in [0.717, 1.165) is 0 Å². The normalized spacial score (nSPS) is 10.3. The molecule has 2 rings (SSSR count). The van der Waals surface area contributed by atoms with Crippen LogP contribution in [0.1, 0.15) is 5.69 Å². The average molecular weight is 268 g/mol. The van der Waals surface area contributed by atoms with Gasteiger partial charge in [0, 0.05) is 13.2 Å². The van der Waals surface area contributed by atoms with Crippen LogP contribution in [0.2, 0.25) is 5.02 Å². The van der Waals surface area contributed by atoms with E-state index >= 15 is 0 Å². The second-order valence-electron chi connectivity index (χ2n) is 3.51. The molecule has 0 aliphatic heterocycles. The summed E-state index contributed by atoms with van der Waals surface area (Å²) in [5, 5.41) is 2.79. The second-order valence-corrected chi connectivity index (χ2v) is 3.91. The molecule has 7 nitrogen and oxygen atoms in total. The van der Waals surface area contributed by atoms with Gasteiger partial charge in [0.2, 0.25) is 0 Å². The van der Waals surface area contributed by atoms with Gasteiger partial charge in [-0.05, 0) is 0 Å². The fraction of sp³-hybridized carbons (Fsp3) is 0.200. The van der Waals surface area contributed by atoms with Gasteiger partial charge in [0.05, 0.1) is 24.6 Å². The molecule has 94 valence electrons. The van der Waals surface area contributed by atoms with E-state index in [2.05, 4.69) is 20.3 Å². The van der Waals surface area contributed by atoms with E-state index in [4.69, 9.17) is 11.6 Å². The van der Waals surface area contributed by atoms with Crippen molar-refractivity contribution in [2.24, 2.45) is 0 Å². The van der Waals surface area contributed by atoms with Gasteiger partial charge in [-0.2, -0.15) is 0 Å². The summed E-state index contributed by atoms with van der Waals surface area (Å²) in [6.45, 7) is 0.187. The largest absolute Gasteiger partial charge is 0.372 e. The highest BCUT2D eigenvalue weighted by atomic mass is 35.5. The Morgan fingerprint density at radius 1 is 1.39 bits per heavy atom. The summed E-state index contributed by atoms with van der Waals surface area (Å²) >= 11 is 5.65. The van der Waals surface area contributed by atoms with Crippen LogP contribution in [-0.2, 0) is 6.54 Å². The van der Waals surface area contributed by atoms with Crippen molar-refractivity contribution in [3.8, 4) is 0 Å². The van der Waals surface area contributed by atoms with Gasteiger partial charge < -0.3 is 5.32 Å². The Balaban J connectivity index is 2.31. The standard InChI is InChI=1S/C10H10ClN5O2/c1-12-8-3-13-6(2-14-8)4-16-5-7(11)9(17)15-10(16)18/h2-3,5H,4H2,1H3,(H,12,14)(H,15,17,18). The van der Waals surface area contributed by atoms with Crippen LogP contribution in [0.25, 0.3) is 0 Å². The summed E-state index contributed by atoms with van der Waals surface area (Å²) < 4.78 is 1.26. The van der Waals surface area contributed by atoms with Crippen molar-refractivity contribution in [3.63, 3.8) is 0 Å². The zero-order valence-electron chi connectivity index (χ0n) is 9.48. The van der Waals surface area contributed by atoms with E-state index in [1.807, 2.05) is 0 Å². The summed E-state index contributed by atoms with van der Waals surface area (Å²) in [6.07, 6.45) is 4.36. The molecule has 0 unspecified atom stereocenters. The van der Waals surface area contributed by atoms with E-state index in [1.165, 1.54) is 17.0 Å². The lowest BCUT2D eigenvalue weighted by Crippen LogP contribution is -2.30. The van der Waals surface area contributed by atoms with Gasteiger partial charge in [-0.3, -0.25) is 19.3 Å². The topological polar surface area (TPSA) is 92.7 Å². The molecular weight excluding hydrogens is 258 g/mol.